The summed E-state index contributed by atoms with van der Waals surface area (Å²) < 4.78 is 1.93. The fraction of sp³-hybridized carbons (Fsp3) is 0.471. The van der Waals surface area contributed by atoms with Crippen LogP contribution in [-0.2, 0) is 13.1 Å². The molecule has 0 atom stereocenters. The maximum absolute atomic E-state index is 4.61. The van der Waals surface area contributed by atoms with E-state index in [1.165, 1.54) is 0 Å². The molecule has 0 aliphatic carbocycles. The summed E-state index contributed by atoms with van der Waals surface area (Å²) in [7, 11) is 3.97. The number of halogens is 1. The van der Waals surface area contributed by atoms with Crippen molar-refractivity contribution in [1.29, 1.82) is 0 Å². The molecule has 8 heteroatoms. The number of aliphatic imine (C=N–C) groups is 1. The van der Waals surface area contributed by atoms with E-state index in [0.717, 1.165) is 43.5 Å². The third kappa shape index (κ3) is 7.72. The van der Waals surface area contributed by atoms with Crippen molar-refractivity contribution >= 4 is 35.8 Å². The average Bonchev–Trinajstić information content (AvgIpc) is 3.10. The standard InChI is InChI=1S/C17H27N7.HI/c1-4-18-17(19-10-6-12-24-13-7-11-21-24)20-14-15-8-5-9-16(22-15)23(2)3;/h5,7-9,11,13H,4,6,10,12,14H2,1-3H3,(H2,18,19,20);1H. The van der Waals surface area contributed by atoms with Gasteiger partial charge in [0.2, 0.25) is 0 Å². The number of anilines is 1. The van der Waals surface area contributed by atoms with E-state index >= 15 is 0 Å². The molecule has 0 bridgehead atoms. The summed E-state index contributed by atoms with van der Waals surface area (Å²) in [5, 5.41) is 10.8. The highest BCUT2D eigenvalue weighted by Crippen LogP contribution is 2.08. The van der Waals surface area contributed by atoms with Gasteiger partial charge in [-0.3, -0.25) is 4.68 Å². The molecule has 25 heavy (non-hydrogen) atoms. The third-order valence-corrected chi connectivity index (χ3v) is 3.41. The molecule has 0 unspecified atom stereocenters. The van der Waals surface area contributed by atoms with Gasteiger partial charge in [0, 0.05) is 46.1 Å². The highest BCUT2D eigenvalue weighted by atomic mass is 127. The van der Waals surface area contributed by atoms with Gasteiger partial charge in [0.25, 0.3) is 0 Å². The predicted octanol–water partition coefficient (Wildman–Crippen LogP) is 2.11. The van der Waals surface area contributed by atoms with Gasteiger partial charge in [0.15, 0.2) is 5.96 Å². The van der Waals surface area contributed by atoms with Crippen molar-refractivity contribution in [3.05, 3.63) is 42.4 Å². The van der Waals surface area contributed by atoms with Gasteiger partial charge < -0.3 is 15.5 Å². The van der Waals surface area contributed by atoms with Crippen LogP contribution >= 0.6 is 24.0 Å². The molecule has 0 aliphatic rings. The minimum absolute atomic E-state index is 0. The second-order valence-corrected chi connectivity index (χ2v) is 5.63. The van der Waals surface area contributed by atoms with E-state index in [1.807, 2.05) is 54.1 Å². The van der Waals surface area contributed by atoms with Crippen molar-refractivity contribution in [2.75, 3.05) is 32.1 Å². The predicted molar refractivity (Wildman–Crippen MR) is 114 cm³/mol. The summed E-state index contributed by atoms with van der Waals surface area (Å²) in [4.78, 5) is 11.2. The monoisotopic (exact) mass is 457 g/mol. The molecule has 0 radical (unpaired) electrons. The number of aryl methyl sites for hydroxylation is 1. The summed E-state index contributed by atoms with van der Waals surface area (Å²) in [6.07, 6.45) is 4.76. The molecule has 2 N–H and O–H groups in total. The molecular formula is C17H28IN7. The first-order valence-corrected chi connectivity index (χ1v) is 8.32. The van der Waals surface area contributed by atoms with E-state index in [0.29, 0.717) is 6.54 Å². The highest BCUT2D eigenvalue weighted by molar-refractivity contribution is 14.0. The van der Waals surface area contributed by atoms with E-state index in [9.17, 15) is 0 Å². The Kier molecular flexibility index (Phi) is 9.90. The topological polar surface area (TPSA) is 70.4 Å². The Hall–Kier alpha value is -1.84. The quantitative estimate of drug-likeness (QED) is 0.275. The van der Waals surface area contributed by atoms with Crippen LogP contribution in [0.5, 0.6) is 0 Å². The zero-order valence-electron chi connectivity index (χ0n) is 15.1. The van der Waals surface area contributed by atoms with Crippen LogP contribution in [0.4, 0.5) is 5.82 Å². The molecule has 2 rings (SSSR count). The molecule has 0 fully saturated rings. The van der Waals surface area contributed by atoms with Crippen molar-refractivity contribution in [2.24, 2.45) is 4.99 Å². The zero-order valence-corrected chi connectivity index (χ0v) is 17.5. The molecule has 0 spiro atoms. The van der Waals surface area contributed by atoms with Gasteiger partial charge >= 0.3 is 0 Å². The maximum atomic E-state index is 4.61. The van der Waals surface area contributed by atoms with Gasteiger partial charge in [-0.15, -0.1) is 24.0 Å². The van der Waals surface area contributed by atoms with Gasteiger partial charge in [0.1, 0.15) is 5.82 Å². The van der Waals surface area contributed by atoms with Crippen molar-refractivity contribution in [1.82, 2.24) is 25.4 Å². The minimum Gasteiger partial charge on any atom is -0.363 e. The SMILES string of the molecule is CCNC(=NCc1cccc(N(C)C)n1)NCCCn1cccn1.I. The van der Waals surface area contributed by atoms with Crippen LogP contribution in [0.25, 0.3) is 0 Å². The van der Waals surface area contributed by atoms with Crippen LogP contribution in [-0.4, -0.2) is 47.9 Å². The number of nitrogens with one attached hydrogen (secondary N) is 2. The average molecular weight is 457 g/mol. The molecule has 7 nitrogen and oxygen atoms in total. The summed E-state index contributed by atoms with van der Waals surface area (Å²) in [5.41, 5.74) is 0.954. The number of aromatic nitrogens is 3. The molecule has 2 heterocycles. The minimum atomic E-state index is 0. The summed E-state index contributed by atoms with van der Waals surface area (Å²) in [5.74, 6) is 1.76. The lowest BCUT2D eigenvalue weighted by atomic mass is 10.3. The van der Waals surface area contributed by atoms with Crippen LogP contribution in [0.1, 0.15) is 19.0 Å². The summed E-state index contributed by atoms with van der Waals surface area (Å²) >= 11 is 0. The Labute approximate surface area is 166 Å². The van der Waals surface area contributed by atoms with Crippen molar-refractivity contribution in [2.45, 2.75) is 26.4 Å². The lowest BCUT2D eigenvalue weighted by Crippen LogP contribution is -2.38. The van der Waals surface area contributed by atoms with Crippen molar-refractivity contribution in [3.8, 4) is 0 Å². The molecule has 2 aromatic rings. The van der Waals surface area contributed by atoms with E-state index < -0.39 is 0 Å². The fourth-order valence-corrected chi connectivity index (χ4v) is 2.19. The first-order chi connectivity index (χ1) is 11.7. The Morgan fingerprint density at radius 1 is 1.24 bits per heavy atom. The fourth-order valence-electron chi connectivity index (χ4n) is 2.19. The molecule has 0 aromatic carbocycles. The largest absolute Gasteiger partial charge is 0.363 e. The Morgan fingerprint density at radius 3 is 2.76 bits per heavy atom. The third-order valence-electron chi connectivity index (χ3n) is 3.41. The van der Waals surface area contributed by atoms with E-state index in [2.05, 4.69) is 32.6 Å². The number of hydrogen-bond acceptors (Lipinski definition) is 4. The van der Waals surface area contributed by atoms with Crippen LogP contribution < -0.4 is 15.5 Å². The Balaban J connectivity index is 0.00000312. The zero-order chi connectivity index (χ0) is 17.2. The second-order valence-electron chi connectivity index (χ2n) is 5.63. The van der Waals surface area contributed by atoms with Gasteiger partial charge in [-0.25, -0.2) is 9.98 Å². The molecule has 0 saturated carbocycles. The van der Waals surface area contributed by atoms with Gasteiger partial charge in [-0.05, 0) is 31.5 Å². The molecular weight excluding hydrogens is 429 g/mol. The summed E-state index contributed by atoms with van der Waals surface area (Å²) in [6, 6.07) is 7.94. The molecule has 2 aromatic heterocycles. The van der Waals surface area contributed by atoms with Crippen LogP contribution in [0, 0.1) is 0 Å². The molecule has 138 valence electrons. The van der Waals surface area contributed by atoms with Gasteiger partial charge in [-0.1, -0.05) is 6.07 Å². The van der Waals surface area contributed by atoms with Gasteiger partial charge in [0.05, 0.1) is 12.2 Å². The number of hydrogen-bond donors (Lipinski definition) is 2. The maximum Gasteiger partial charge on any atom is 0.191 e. The van der Waals surface area contributed by atoms with Gasteiger partial charge in [-0.2, -0.15) is 5.10 Å². The van der Waals surface area contributed by atoms with Crippen LogP contribution in [0.15, 0.2) is 41.7 Å². The lowest BCUT2D eigenvalue weighted by molar-refractivity contribution is 0.570. The second kappa shape index (κ2) is 11.7. The first-order valence-electron chi connectivity index (χ1n) is 8.32. The molecule has 0 amide bonds. The molecule has 0 saturated heterocycles. The Morgan fingerprint density at radius 2 is 2.08 bits per heavy atom. The van der Waals surface area contributed by atoms with E-state index in [1.54, 1.807) is 6.20 Å². The van der Waals surface area contributed by atoms with Crippen LogP contribution in [0.3, 0.4) is 0 Å². The lowest BCUT2D eigenvalue weighted by Gasteiger charge is -2.13. The van der Waals surface area contributed by atoms with Crippen molar-refractivity contribution < 1.29 is 0 Å². The van der Waals surface area contributed by atoms with Crippen molar-refractivity contribution in [3.63, 3.8) is 0 Å². The smallest absolute Gasteiger partial charge is 0.191 e. The number of pyridine rings is 1. The number of nitrogens with zero attached hydrogens (tertiary/aromatic N) is 5. The first kappa shape index (κ1) is 21.2. The summed E-state index contributed by atoms with van der Waals surface area (Å²) in [6.45, 7) is 5.18. The van der Waals surface area contributed by atoms with E-state index in [-0.39, 0.29) is 24.0 Å². The molecule has 0 aliphatic heterocycles. The normalized spacial score (nSPS) is 10.9. The number of guanidine groups is 1. The van der Waals surface area contributed by atoms with Crippen LogP contribution in [0.2, 0.25) is 0 Å². The highest BCUT2D eigenvalue weighted by Gasteiger charge is 2.01. The number of rotatable bonds is 8. The van der Waals surface area contributed by atoms with E-state index in [4.69, 9.17) is 0 Å². The Bertz CT molecular complexity index is 626.